The van der Waals surface area contributed by atoms with Gasteiger partial charge in [-0.25, -0.2) is 0 Å². The van der Waals surface area contributed by atoms with Gasteiger partial charge in [-0.15, -0.1) is 0 Å². The number of benzene rings is 2. The summed E-state index contributed by atoms with van der Waals surface area (Å²) in [4.78, 5) is 39.6. The van der Waals surface area contributed by atoms with Gasteiger partial charge in [0.25, 0.3) is 17.4 Å². The minimum absolute atomic E-state index is 0.0626. The zero-order valence-electron chi connectivity index (χ0n) is 18.4. The molecule has 1 aliphatic heterocycles. The van der Waals surface area contributed by atoms with Gasteiger partial charge in [0.2, 0.25) is 0 Å². The molecule has 33 heavy (non-hydrogen) atoms. The number of non-ortho nitro benzene ring substituents is 1. The predicted octanol–water partition coefficient (Wildman–Crippen LogP) is 3.14. The number of ether oxygens (including phenoxy) is 1. The smallest absolute Gasteiger partial charge is 0.295 e. The maximum atomic E-state index is 13.0. The zero-order valence-corrected chi connectivity index (χ0v) is 18.4. The van der Waals surface area contributed by atoms with Crippen molar-refractivity contribution in [3.05, 3.63) is 88.0 Å². The largest absolute Gasteiger partial charge is 0.507 e. The number of likely N-dealkylation sites (tertiary alicyclic amines) is 1. The number of ketones is 1. The van der Waals surface area contributed by atoms with Gasteiger partial charge in [-0.3, -0.25) is 19.7 Å². The number of carbonyl (C=O) groups excluding carboxylic acids is 2. The second-order valence-electron chi connectivity index (χ2n) is 7.77. The second-order valence-corrected chi connectivity index (χ2v) is 7.77. The molecule has 172 valence electrons. The highest BCUT2D eigenvalue weighted by Gasteiger charge is 2.46. The molecular weight excluding hydrogens is 426 g/mol. The van der Waals surface area contributed by atoms with Crippen LogP contribution < -0.4 is 4.74 Å². The summed E-state index contributed by atoms with van der Waals surface area (Å²) in [6, 6.07) is 11.2. The van der Waals surface area contributed by atoms with Crippen molar-refractivity contribution in [2.45, 2.75) is 6.04 Å². The fourth-order valence-electron chi connectivity index (χ4n) is 3.56. The molecule has 0 spiro atoms. The third-order valence-corrected chi connectivity index (χ3v) is 5.24. The van der Waals surface area contributed by atoms with Crippen molar-refractivity contribution in [3.8, 4) is 5.75 Å². The van der Waals surface area contributed by atoms with Crippen molar-refractivity contribution in [2.24, 2.45) is 0 Å². The van der Waals surface area contributed by atoms with E-state index in [1.807, 2.05) is 19.0 Å². The van der Waals surface area contributed by atoms with E-state index in [9.17, 15) is 24.8 Å². The lowest BCUT2D eigenvalue weighted by molar-refractivity contribution is -0.384. The maximum absolute atomic E-state index is 13.0. The highest BCUT2D eigenvalue weighted by atomic mass is 16.6. The minimum Gasteiger partial charge on any atom is -0.507 e. The number of amides is 1. The summed E-state index contributed by atoms with van der Waals surface area (Å²) >= 11 is 0. The van der Waals surface area contributed by atoms with E-state index in [-0.39, 0.29) is 23.6 Å². The Hall–Kier alpha value is -3.98. The fourth-order valence-corrected chi connectivity index (χ4v) is 3.56. The average molecular weight is 451 g/mol. The predicted molar refractivity (Wildman–Crippen MR) is 123 cm³/mol. The van der Waals surface area contributed by atoms with E-state index in [0.29, 0.717) is 30.0 Å². The lowest BCUT2D eigenvalue weighted by Gasteiger charge is -2.26. The number of rotatable bonds is 9. The molecule has 1 saturated heterocycles. The number of hydrogen-bond donors (Lipinski definition) is 1. The van der Waals surface area contributed by atoms with Crippen molar-refractivity contribution in [1.82, 2.24) is 9.80 Å². The van der Waals surface area contributed by atoms with Crippen LogP contribution in [0.5, 0.6) is 5.75 Å². The van der Waals surface area contributed by atoms with Crippen molar-refractivity contribution >= 4 is 23.1 Å². The molecule has 1 unspecified atom stereocenters. The number of nitro benzene ring substituents is 1. The molecule has 2 aromatic carbocycles. The van der Waals surface area contributed by atoms with E-state index in [1.165, 1.54) is 29.2 Å². The maximum Gasteiger partial charge on any atom is 0.295 e. The summed E-state index contributed by atoms with van der Waals surface area (Å²) in [6.07, 6.45) is 1.60. The Morgan fingerprint density at radius 2 is 1.82 bits per heavy atom. The van der Waals surface area contributed by atoms with Gasteiger partial charge >= 0.3 is 0 Å². The molecule has 0 aliphatic carbocycles. The molecule has 1 N–H and O–H groups in total. The summed E-state index contributed by atoms with van der Waals surface area (Å²) in [5.74, 6) is -1.29. The second kappa shape index (κ2) is 10.1. The topological polar surface area (TPSA) is 113 Å². The third kappa shape index (κ3) is 5.09. The van der Waals surface area contributed by atoms with Crippen LogP contribution in [0.2, 0.25) is 0 Å². The summed E-state index contributed by atoms with van der Waals surface area (Å²) in [5, 5.41) is 22.1. The molecule has 1 atom stereocenters. The van der Waals surface area contributed by atoms with Gasteiger partial charge in [0.1, 0.15) is 18.1 Å². The van der Waals surface area contributed by atoms with Crippen LogP contribution in [0.4, 0.5) is 5.69 Å². The van der Waals surface area contributed by atoms with Gasteiger partial charge in [-0.2, -0.15) is 0 Å². The SMILES string of the molecule is C=CCOc1ccc(C(O)=C2C(=O)C(=O)N(CCN(C)C)C2c2ccc([N+](=O)[O-])cc2)cc1. The number of nitrogens with zero attached hydrogens (tertiary/aromatic N) is 3. The first kappa shape index (κ1) is 23.7. The number of carbonyl (C=O) groups is 2. The Balaban J connectivity index is 2.07. The lowest BCUT2D eigenvalue weighted by atomic mass is 9.95. The van der Waals surface area contributed by atoms with Crippen LogP contribution in [0.15, 0.2) is 66.8 Å². The Bertz CT molecular complexity index is 1090. The first-order valence-electron chi connectivity index (χ1n) is 10.3. The molecule has 2 aromatic rings. The molecule has 9 nitrogen and oxygen atoms in total. The van der Waals surface area contributed by atoms with E-state index in [1.54, 1.807) is 30.3 Å². The van der Waals surface area contributed by atoms with Gasteiger partial charge < -0.3 is 19.6 Å². The molecule has 0 radical (unpaired) electrons. The molecule has 0 bridgehead atoms. The highest BCUT2D eigenvalue weighted by Crippen LogP contribution is 2.39. The van der Waals surface area contributed by atoms with Crippen molar-refractivity contribution in [1.29, 1.82) is 0 Å². The highest BCUT2D eigenvalue weighted by molar-refractivity contribution is 6.46. The first-order valence-corrected chi connectivity index (χ1v) is 10.3. The Morgan fingerprint density at radius 3 is 2.36 bits per heavy atom. The third-order valence-electron chi connectivity index (χ3n) is 5.24. The van der Waals surface area contributed by atoms with Crippen LogP contribution in [-0.2, 0) is 9.59 Å². The molecule has 9 heteroatoms. The minimum atomic E-state index is -0.873. The van der Waals surface area contributed by atoms with Crippen LogP contribution >= 0.6 is 0 Å². The van der Waals surface area contributed by atoms with Crippen LogP contribution in [0.3, 0.4) is 0 Å². The number of aliphatic hydroxyl groups is 1. The fraction of sp³-hybridized carbons (Fsp3) is 0.250. The summed E-state index contributed by atoms with van der Waals surface area (Å²) < 4.78 is 5.44. The van der Waals surface area contributed by atoms with Gasteiger partial charge in [0, 0.05) is 30.8 Å². The number of Topliss-reactive ketones (excluding diaryl/α,β-unsaturated/α-hetero) is 1. The Kier molecular flexibility index (Phi) is 7.24. The van der Waals surface area contributed by atoms with Gasteiger partial charge in [-0.1, -0.05) is 12.7 Å². The first-order chi connectivity index (χ1) is 15.7. The molecule has 1 amide bonds. The van der Waals surface area contributed by atoms with Crippen LogP contribution in [0.1, 0.15) is 17.2 Å². The van der Waals surface area contributed by atoms with Crippen LogP contribution in [0.25, 0.3) is 5.76 Å². The summed E-state index contributed by atoms with van der Waals surface area (Å²) in [7, 11) is 3.68. The normalized spacial score (nSPS) is 17.4. The average Bonchev–Trinajstić information content (AvgIpc) is 3.06. The molecule has 0 saturated carbocycles. The van der Waals surface area contributed by atoms with Crippen molar-refractivity contribution < 1.29 is 24.4 Å². The number of likely N-dealkylation sites (N-methyl/N-ethyl adjacent to an activating group) is 1. The Morgan fingerprint density at radius 1 is 1.18 bits per heavy atom. The quantitative estimate of drug-likeness (QED) is 0.156. The van der Waals surface area contributed by atoms with Crippen molar-refractivity contribution in [3.63, 3.8) is 0 Å². The monoisotopic (exact) mass is 451 g/mol. The van der Waals surface area contributed by atoms with Gasteiger partial charge in [0.15, 0.2) is 0 Å². The number of aliphatic hydroxyl groups excluding tert-OH is 1. The van der Waals surface area contributed by atoms with Gasteiger partial charge in [-0.05, 0) is 56.1 Å². The molecule has 0 aromatic heterocycles. The summed E-state index contributed by atoms with van der Waals surface area (Å²) in [6.45, 7) is 4.64. The lowest BCUT2D eigenvalue weighted by Crippen LogP contribution is -2.35. The van der Waals surface area contributed by atoms with E-state index in [4.69, 9.17) is 4.74 Å². The molecular formula is C24H25N3O6. The number of nitro groups is 1. The number of hydrogen-bond acceptors (Lipinski definition) is 7. The molecule has 1 fully saturated rings. The van der Waals surface area contributed by atoms with Crippen LogP contribution in [0, 0.1) is 10.1 Å². The van der Waals surface area contributed by atoms with E-state index < -0.39 is 22.7 Å². The van der Waals surface area contributed by atoms with Crippen molar-refractivity contribution in [2.75, 3.05) is 33.8 Å². The van der Waals surface area contributed by atoms with E-state index >= 15 is 0 Å². The zero-order chi connectivity index (χ0) is 24.1. The van der Waals surface area contributed by atoms with E-state index in [2.05, 4.69) is 6.58 Å². The van der Waals surface area contributed by atoms with E-state index in [0.717, 1.165) is 0 Å². The van der Waals surface area contributed by atoms with Crippen LogP contribution in [-0.4, -0.2) is 65.3 Å². The Labute approximate surface area is 191 Å². The molecule has 1 aliphatic rings. The molecule has 3 rings (SSSR count). The molecule has 1 heterocycles. The van der Waals surface area contributed by atoms with Gasteiger partial charge in [0.05, 0.1) is 16.5 Å². The standard InChI is InChI=1S/C24H25N3O6/c1-4-15-33-19-11-7-17(8-12-19)22(28)20-21(16-5-9-18(10-6-16)27(31)32)26(14-13-25(2)3)24(30)23(20)29/h4-12,21,28H,1,13-15H2,2-3H3. The summed E-state index contributed by atoms with van der Waals surface area (Å²) in [5.41, 5.74) is 0.663.